The third kappa shape index (κ3) is 2.54. The van der Waals surface area contributed by atoms with Crippen LogP contribution >= 0.6 is 22.9 Å². The molecular formula is C12H11ClFNS. The zero-order valence-electron chi connectivity index (χ0n) is 8.71. The average Bonchev–Trinajstić information content (AvgIpc) is 2.77. The zero-order valence-corrected chi connectivity index (χ0v) is 10.3. The first-order valence-electron chi connectivity index (χ1n) is 4.90. The van der Waals surface area contributed by atoms with Crippen molar-refractivity contribution < 1.29 is 4.39 Å². The van der Waals surface area contributed by atoms with Gasteiger partial charge in [0.2, 0.25) is 0 Å². The lowest BCUT2D eigenvalue weighted by Crippen LogP contribution is -2.05. The summed E-state index contributed by atoms with van der Waals surface area (Å²) in [5.41, 5.74) is 2.04. The lowest BCUT2D eigenvalue weighted by Gasteiger charge is -2.14. The van der Waals surface area contributed by atoms with Crippen molar-refractivity contribution in [1.29, 1.82) is 0 Å². The van der Waals surface area contributed by atoms with Crippen molar-refractivity contribution in [3.63, 3.8) is 0 Å². The van der Waals surface area contributed by atoms with Gasteiger partial charge in [0, 0.05) is 11.7 Å². The maximum Gasteiger partial charge on any atom is 0.141 e. The Balaban J connectivity index is 2.12. The summed E-state index contributed by atoms with van der Waals surface area (Å²) in [6, 6.07) is 6.90. The Labute approximate surface area is 103 Å². The third-order valence-corrected chi connectivity index (χ3v) is 3.34. The highest BCUT2D eigenvalue weighted by molar-refractivity contribution is 7.07. The van der Waals surface area contributed by atoms with Crippen LogP contribution in [0.25, 0.3) is 0 Å². The van der Waals surface area contributed by atoms with Crippen LogP contribution in [-0.2, 0) is 0 Å². The number of nitrogens with one attached hydrogen (secondary N) is 1. The lowest BCUT2D eigenvalue weighted by molar-refractivity contribution is 0.628. The van der Waals surface area contributed by atoms with E-state index in [1.54, 1.807) is 23.5 Å². The Hall–Kier alpha value is -1.06. The molecule has 1 unspecified atom stereocenters. The quantitative estimate of drug-likeness (QED) is 0.837. The van der Waals surface area contributed by atoms with Crippen LogP contribution in [0.3, 0.4) is 0 Å². The first-order valence-corrected chi connectivity index (χ1v) is 6.22. The van der Waals surface area contributed by atoms with Gasteiger partial charge < -0.3 is 5.32 Å². The van der Waals surface area contributed by atoms with Gasteiger partial charge in [-0.25, -0.2) is 4.39 Å². The molecule has 0 aliphatic rings. The molecule has 1 heterocycles. The van der Waals surface area contributed by atoms with E-state index in [2.05, 4.69) is 23.7 Å². The molecule has 0 aliphatic carbocycles. The molecule has 0 saturated carbocycles. The number of thiophene rings is 1. The minimum atomic E-state index is -0.393. The number of hydrogen-bond acceptors (Lipinski definition) is 2. The number of hydrogen-bond donors (Lipinski definition) is 1. The zero-order chi connectivity index (χ0) is 11.5. The second-order valence-corrected chi connectivity index (χ2v) is 4.74. The fourth-order valence-corrected chi connectivity index (χ4v) is 2.38. The summed E-state index contributed by atoms with van der Waals surface area (Å²) in [6.07, 6.45) is 0. The van der Waals surface area contributed by atoms with Crippen molar-refractivity contribution >= 4 is 28.6 Å². The van der Waals surface area contributed by atoms with E-state index in [1.165, 1.54) is 11.6 Å². The van der Waals surface area contributed by atoms with Gasteiger partial charge in [-0.3, -0.25) is 0 Å². The van der Waals surface area contributed by atoms with E-state index >= 15 is 0 Å². The van der Waals surface area contributed by atoms with Crippen molar-refractivity contribution in [2.75, 3.05) is 5.32 Å². The molecule has 0 amide bonds. The molecule has 16 heavy (non-hydrogen) atoms. The van der Waals surface area contributed by atoms with Crippen molar-refractivity contribution in [3.8, 4) is 0 Å². The molecule has 1 N–H and O–H groups in total. The number of halogens is 2. The van der Waals surface area contributed by atoms with Crippen LogP contribution < -0.4 is 5.32 Å². The Kier molecular flexibility index (Phi) is 3.46. The highest BCUT2D eigenvalue weighted by Crippen LogP contribution is 2.24. The van der Waals surface area contributed by atoms with E-state index in [4.69, 9.17) is 11.6 Å². The van der Waals surface area contributed by atoms with Crippen LogP contribution in [0.2, 0.25) is 5.02 Å². The molecule has 4 heteroatoms. The summed E-state index contributed by atoms with van der Waals surface area (Å²) in [5.74, 6) is -0.393. The van der Waals surface area contributed by atoms with Crippen LogP contribution in [0.1, 0.15) is 18.5 Å². The highest BCUT2D eigenvalue weighted by Gasteiger charge is 2.06. The fraction of sp³-hybridized carbons (Fsp3) is 0.167. The molecule has 1 atom stereocenters. The Morgan fingerprint density at radius 3 is 2.81 bits per heavy atom. The molecular weight excluding hydrogens is 245 g/mol. The second-order valence-electron chi connectivity index (χ2n) is 3.55. The summed E-state index contributed by atoms with van der Waals surface area (Å²) in [4.78, 5) is 0. The summed E-state index contributed by atoms with van der Waals surface area (Å²) in [7, 11) is 0. The Morgan fingerprint density at radius 2 is 2.19 bits per heavy atom. The molecule has 1 nitrogen and oxygen atoms in total. The van der Waals surface area contributed by atoms with Gasteiger partial charge in [-0.1, -0.05) is 11.6 Å². The number of anilines is 1. The van der Waals surface area contributed by atoms with E-state index in [0.717, 1.165) is 5.69 Å². The molecule has 84 valence electrons. The maximum atomic E-state index is 13.0. The highest BCUT2D eigenvalue weighted by atomic mass is 35.5. The summed E-state index contributed by atoms with van der Waals surface area (Å²) in [5, 5.41) is 7.53. The number of benzene rings is 1. The van der Waals surface area contributed by atoms with Crippen LogP contribution in [0.5, 0.6) is 0 Å². The molecule has 0 radical (unpaired) electrons. The van der Waals surface area contributed by atoms with Gasteiger partial charge >= 0.3 is 0 Å². The summed E-state index contributed by atoms with van der Waals surface area (Å²) in [6.45, 7) is 2.05. The van der Waals surface area contributed by atoms with Gasteiger partial charge in [0.15, 0.2) is 0 Å². The molecule has 0 fully saturated rings. The lowest BCUT2D eigenvalue weighted by atomic mass is 10.1. The van der Waals surface area contributed by atoms with Crippen molar-refractivity contribution in [1.82, 2.24) is 0 Å². The molecule has 0 saturated heterocycles. The molecule has 0 aliphatic heterocycles. The second kappa shape index (κ2) is 4.85. The monoisotopic (exact) mass is 255 g/mol. The van der Waals surface area contributed by atoms with Gasteiger partial charge in [0.1, 0.15) is 5.82 Å². The predicted molar refractivity (Wildman–Crippen MR) is 67.8 cm³/mol. The largest absolute Gasteiger partial charge is 0.378 e. The Bertz CT molecular complexity index is 470. The molecule has 0 spiro atoms. The van der Waals surface area contributed by atoms with Gasteiger partial charge in [0.25, 0.3) is 0 Å². The summed E-state index contributed by atoms with van der Waals surface area (Å²) >= 11 is 7.37. The summed E-state index contributed by atoms with van der Waals surface area (Å²) < 4.78 is 13.0. The van der Waals surface area contributed by atoms with Crippen LogP contribution in [0.15, 0.2) is 35.0 Å². The standard InChI is InChI=1S/C12H11ClFNS/c1-8(9-4-5-16-7-9)15-10-2-3-12(14)11(13)6-10/h2-8,15H,1H3. The molecule has 2 aromatic rings. The normalized spacial score (nSPS) is 12.4. The molecule has 2 rings (SSSR count). The van der Waals surface area contributed by atoms with E-state index in [9.17, 15) is 4.39 Å². The van der Waals surface area contributed by atoms with Crippen molar-refractivity contribution in [2.24, 2.45) is 0 Å². The SMILES string of the molecule is CC(Nc1ccc(F)c(Cl)c1)c1ccsc1. The molecule has 0 bridgehead atoms. The first kappa shape index (κ1) is 11.4. The van der Waals surface area contributed by atoms with E-state index in [0.29, 0.717) is 0 Å². The maximum absolute atomic E-state index is 13.0. The van der Waals surface area contributed by atoms with Gasteiger partial charge in [0.05, 0.1) is 5.02 Å². The van der Waals surface area contributed by atoms with Crippen molar-refractivity contribution in [2.45, 2.75) is 13.0 Å². The van der Waals surface area contributed by atoms with Crippen molar-refractivity contribution in [3.05, 3.63) is 51.4 Å². The minimum Gasteiger partial charge on any atom is -0.378 e. The predicted octanol–water partition coefficient (Wildman–Crippen LogP) is 4.71. The first-order chi connectivity index (χ1) is 7.66. The van der Waals surface area contributed by atoms with Crippen LogP contribution in [0.4, 0.5) is 10.1 Å². The smallest absolute Gasteiger partial charge is 0.141 e. The minimum absolute atomic E-state index is 0.141. The fourth-order valence-electron chi connectivity index (χ4n) is 1.44. The average molecular weight is 256 g/mol. The topological polar surface area (TPSA) is 12.0 Å². The van der Waals surface area contributed by atoms with E-state index in [-0.39, 0.29) is 11.1 Å². The number of rotatable bonds is 3. The van der Waals surface area contributed by atoms with Gasteiger partial charge in [-0.05, 0) is 47.5 Å². The molecule has 1 aromatic heterocycles. The van der Waals surface area contributed by atoms with E-state index in [1.807, 2.05) is 5.38 Å². The third-order valence-electron chi connectivity index (χ3n) is 2.35. The Morgan fingerprint density at radius 1 is 1.38 bits per heavy atom. The van der Waals surface area contributed by atoms with Gasteiger partial charge in [-0.15, -0.1) is 0 Å². The molecule has 1 aromatic carbocycles. The van der Waals surface area contributed by atoms with Crippen LogP contribution in [0, 0.1) is 5.82 Å². The van der Waals surface area contributed by atoms with Gasteiger partial charge in [-0.2, -0.15) is 11.3 Å². The van der Waals surface area contributed by atoms with Crippen LogP contribution in [-0.4, -0.2) is 0 Å². The van der Waals surface area contributed by atoms with E-state index < -0.39 is 5.82 Å².